The third-order valence-electron chi connectivity index (χ3n) is 4.38. The van der Waals surface area contributed by atoms with Gasteiger partial charge in [-0.15, -0.1) is 5.10 Å². The molecule has 5 nitrogen and oxygen atoms in total. The zero-order chi connectivity index (χ0) is 18.5. The highest BCUT2D eigenvalue weighted by Crippen LogP contribution is 2.24. The summed E-state index contributed by atoms with van der Waals surface area (Å²) in [5, 5.41) is 11.7. The number of aryl methyl sites for hydroxylation is 2. The number of anilines is 3. The summed E-state index contributed by atoms with van der Waals surface area (Å²) in [6.45, 7) is 9.23. The molecule has 3 rings (SSSR count). The topological polar surface area (TPSA) is 53.9 Å². The van der Waals surface area contributed by atoms with E-state index >= 15 is 0 Å². The number of benzene rings is 2. The molecule has 0 atom stereocenters. The summed E-state index contributed by atoms with van der Waals surface area (Å²) in [5.41, 5.74) is 4.59. The van der Waals surface area contributed by atoms with Crippen LogP contribution in [0.1, 0.15) is 30.5 Å². The molecule has 5 heteroatoms. The fourth-order valence-electron chi connectivity index (χ4n) is 2.92. The molecule has 1 N–H and O–H groups in total. The molecule has 3 aromatic rings. The quantitative estimate of drug-likeness (QED) is 0.703. The Bertz CT molecular complexity index is 841. The highest BCUT2D eigenvalue weighted by Gasteiger charge is 2.15. The predicted octanol–water partition coefficient (Wildman–Crippen LogP) is 4.65. The summed E-state index contributed by atoms with van der Waals surface area (Å²) in [7, 11) is 0. The molecule has 2 aromatic carbocycles. The second-order valence-corrected chi connectivity index (χ2v) is 6.74. The number of para-hydroxylation sites is 1. The minimum absolute atomic E-state index is 0.292. The van der Waals surface area contributed by atoms with E-state index in [1.54, 1.807) is 6.20 Å². The second kappa shape index (κ2) is 7.95. The fraction of sp³-hybridized carbons (Fsp3) is 0.286. The van der Waals surface area contributed by atoms with Crippen LogP contribution in [-0.2, 0) is 6.54 Å². The lowest BCUT2D eigenvalue weighted by Crippen LogP contribution is -2.31. The Hall–Kier alpha value is -2.95. The van der Waals surface area contributed by atoms with Crippen LogP contribution in [-0.4, -0.2) is 21.2 Å². The molecule has 0 saturated heterocycles. The van der Waals surface area contributed by atoms with Gasteiger partial charge in [-0.05, 0) is 44.4 Å². The Morgan fingerprint density at radius 2 is 1.65 bits per heavy atom. The highest BCUT2D eigenvalue weighted by molar-refractivity contribution is 5.63. The maximum absolute atomic E-state index is 4.71. The SMILES string of the molecule is Cc1cccc(C)c1Nc1nncc(N(Cc2ccccc2)C(C)C)n1. The van der Waals surface area contributed by atoms with Gasteiger partial charge in [0, 0.05) is 18.3 Å². The third kappa shape index (κ3) is 4.17. The molecule has 0 saturated carbocycles. The first-order valence-corrected chi connectivity index (χ1v) is 8.88. The van der Waals surface area contributed by atoms with Crippen LogP contribution in [0, 0.1) is 13.8 Å². The zero-order valence-electron chi connectivity index (χ0n) is 15.8. The number of nitrogens with one attached hydrogen (secondary N) is 1. The second-order valence-electron chi connectivity index (χ2n) is 6.74. The van der Waals surface area contributed by atoms with Gasteiger partial charge >= 0.3 is 0 Å². The van der Waals surface area contributed by atoms with Gasteiger partial charge in [-0.3, -0.25) is 0 Å². The highest BCUT2D eigenvalue weighted by atomic mass is 15.3. The van der Waals surface area contributed by atoms with E-state index in [1.165, 1.54) is 5.56 Å². The average Bonchev–Trinajstić information content (AvgIpc) is 2.64. The van der Waals surface area contributed by atoms with E-state index in [-0.39, 0.29) is 0 Å². The van der Waals surface area contributed by atoms with Gasteiger partial charge in [-0.25, -0.2) is 0 Å². The van der Waals surface area contributed by atoms with Crippen LogP contribution in [0.3, 0.4) is 0 Å². The van der Waals surface area contributed by atoms with Crippen LogP contribution >= 0.6 is 0 Å². The van der Waals surface area contributed by atoms with Crippen molar-refractivity contribution in [1.82, 2.24) is 15.2 Å². The summed E-state index contributed by atoms with van der Waals surface area (Å²) in [4.78, 5) is 6.93. The number of nitrogens with zero attached hydrogens (tertiary/aromatic N) is 4. The van der Waals surface area contributed by atoms with Crippen LogP contribution in [0.2, 0.25) is 0 Å². The molecule has 0 unspecified atom stereocenters. The van der Waals surface area contributed by atoms with E-state index in [2.05, 4.69) is 84.5 Å². The van der Waals surface area contributed by atoms with Crippen LogP contribution in [0.15, 0.2) is 54.7 Å². The zero-order valence-corrected chi connectivity index (χ0v) is 15.8. The Morgan fingerprint density at radius 1 is 0.962 bits per heavy atom. The van der Waals surface area contributed by atoms with Gasteiger partial charge < -0.3 is 10.2 Å². The molecule has 134 valence electrons. The van der Waals surface area contributed by atoms with Crippen LogP contribution in [0.5, 0.6) is 0 Å². The molecule has 0 fully saturated rings. The summed E-state index contributed by atoms with van der Waals surface area (Å²) in [5.74, 6) is 1.33. The minimum atomic E-state index is 0.292. The number of hydrogen-bond donors (Lipinski definition) is 1. The van der Waals surface area contributed by atoms with Gasteiger partial charge in [0.05, 0.1) is 6.20 Å². The molecule has 0 spiro atoms. The third-order valence-corrected chi connectivity index (χ3v) is 4.38. The van der Waals surface area contributed by atoms with Crippen molar-refractivity contribution >= 4 is 17.5 Å². The lowest BCUT2D eigenvalue weighted by atomic mass is 10.1. The van der Waals surface area contributed by atoms with Crippen molar-refractivity contribution < 1.29 is 0 Å². The largest absolute Gasteiger partial charge is 0.348 e. The molecular formula is C21H25N5. The number of rotatable bonds is 6. The van der Waals surface area contributed by atoms with Crippen molar-refractivity contribution in [1.29, 1.82) is 0 Å². The number of hydrogen-bond acceptors (Lipinski definition) is 5. The van der Waals surface area contributed by atoms with E-state index in [0.29, 0.717) is 12.0 Å². The minimum Gasteiger partial charge on any atom is -0.348 e. The molecule has 1 heterocycles. The van der Waals surface area contributed by atoms with Crippen LogP contribution in [0.4, 0.5) is 17.5 Å². The van der Waals surface area contributed by atoms with Crippen LogP contribution < -0.4 is 10.2 Å². The van der Waals surface area contributed by atoms with E-state index in [4.69, 9.17) is 4.98 Å². The van der Waals surface area contributed by atoms with Crippen molar-refractivity contribution in [3.8, 4) is 0 Å². The first-order valence-electron chi connectivity index (χ1n) is 8.88. The molecular weight excluding hydrogens is 322 g/mol. The Morgan fingerprint density at radius 3 is 2.31 bits per heavy atom. The van der Waals surface area contributed by atoms with E-state index < -0.39 is 0 Å². The number of aromatic nitrogens is 3. The smallest absolute Gasteiger partial charge is 0.249 e. The summed E-state index contributed by atoms with van der Waals surface area (Å²) in [6, 6.07) is 16.9. The van der Waals surface area contributed by atoms with Gasteiger partial charge in [0.2, 0.25) is 5.95 Å². The van der Waals surface area contributed by atoms with Gasteiger partial charge in [-0.2, -0.15) is 10.1 Å². The van der Waals surface area contributed by atoms with Crippen LogP contribution in [0.25, 0.3) is 0 Å². The van der Waals surface area contributed by atoms with Crippen molar-refractivity contribution in [2.75, 3.05) is 10.2 Å². The van der Waals surface area contributed by atoms with Gasteiger partial charge in [0.1, 0.15) is 0 Å². The Labute approximate surface area is 155 Å². The monoisotopic (exact) mass is 347 g/mol. The van der Waals surface area contributed by atoms with E-state index in [0.717, 1.165) is 29.2 Å². The Balaban J connectivity index is 1.87. The van der Waals surface area contributed by atoms with Crippen molar-refractivity contribution in [2.24, 2.45) is 0 Å². The molecule has 0 bridgehead atoms. The Kier molecular flexibility index (Phi) is 5.46. The maximum Gasteiger partial charge on any atom is 0.249 e. The fourth-order valence-corrected chi connectivity index (χ4v) is 2.92. The molecule has 0 amide bonds. The lowest BCUT2D eigenvalue weighted by molar-refractivity contribution is 0.668. The van der Waals surface area contributed by atoms with Crippen molar-refractivity contribution in [3.05, 3.63) is 71.4 Å². The molecule has 0 aliphatic rings. The molecule has 0 radical (unpaired) electrons. The summed E-state index contributed by atoms with van der Waals surface area (Å²) in [6.07, 6.45) is 1.72. The lowest BCUT2D eigenvalue weighted by Gasteiger charge is -2.27. The standard InChI is InChI=1S/C21H25N5/c1-15(2)26(14-18-11-6-5-7-12-18)19-13-22-25-21(23-19)24-20-16(3)9-8-10-17(20)4/h5-13,15H,14H2,1-4H3,(H,23,24,25). The average molecular weight is 347 g/mol. The van der Waals surface area contributed by atoms with Gasteiger partial charge in [-0.1, -0.05) is 48.5 Å². The molecule has 0 aliphatic heterocycles. The summed E-state index contributed by atoms with van der Waals surface area (Å²) >= 11 is 0. The van der Waals surface area contributed by atoms with Gasteiger partial charge in [0.25, 0.3) is 0 Å². The van der Waals surface area contributed by atoms with Gasteiger partial charge in [0.15, 0.2) is 5.82 Å². The van der Waals surface area contributed by atoms with Crippen molar-refractivity contribution in [3.63, 3.8) is 0 Å². The first-order chi connectivity index (χ1) is 12.5. The predicted molar refractivity (Wildman–Crippen MR) is 107 cm³/mol. The first kappa shape index (κ1) is 17.9. The molecule has 1 aromatic heterocycles. The van der Waals surface area contributed by atoms with E-state index in [1.807, 2.05) is 12.1 Å². The van der Waals surface area contributed by atoms with E-state index in [9.17, 15) is 0 Å². The molecule has 0 aliphatic carbocycles. The van der Waals surface area contributed by atoms with Crippen molar-refractivity contribution in [2.45, 2.75) is 40.3 Å². The normalized spacial score (nSPS) is 10.8. The molecule has 26 heavy (non-hydrogen) atoms. The maximum atomic E-state index is 4.71. The summed E-state index contributed by atoms with van der Waals surface area (Å²) < 4.78 is 0.